The van der Waals surface area contributed by atoms with Gasteiger partial charge < -0.3 is 33.8 Å². The molecule has 5 atom stereocenters. The molecular formula is C82H160O17P2. The molecule has 0 aromatic carbocycles. The van der Waals surface area contributed by atoms with Crippen LogP contribution in [0.15, 0.2) is 0 Å². The number of phosphoric ester groups is 2. The molecule has 0 spiro atoms. The number of ether oxygens (including phenoxy) is 4. The van der Waals surface area contributed by atoms with Crippen LogP contribution < -0.4 is 0 Å². The lowest BCUT2D eigenvalue weighted by Gasteiger charge is -2.21. The van der Waals surface area contributed by atoms with Crippen LogP contribution in [0.4, 0.5) is 0 Å². The molecule has 101 heavy (non-hydrogen) atoms. The zero-order valence-corrected chi connectivity index (χ0v) is 68.2. The Morgan fingerprint density at radius 2 is 0.455 bits per heavy atom. The Kier molecular flexibility index (Phi) is 70.9. The number of esters is 4. The predicted octanol–water partition coefficient (Wildman–Crippen LogP) is 24.5. The van der Waals surface area contributed by atoms with E-state index in [1.165, 1.54) is 238 Å². The molecule has 600 valence electrons. The average molecular weight is 1480 g/mol. The molecule has 19 heteroatoms. The third kappa shape index (κ3) is 76.1. The van der Waals surface area contributed by atoms with Crippen molar-refractivity contribution in [3.63, 3.8) is 0 Å². The van der Waals surface area contributed by atoms with E-state index in [9.17, 15) is 43.2 Å². The maximum Gasteiger partial charge on any atom is 0.472 e. The lowest BCUT2D eigenvalue weighted by atomic mass is 10.0. The number of phosphoric acid groups is 2. The lowest BCUT2D eigenvalue weighted by molar-refractivity contribution is -0.161. The maximum atomic E-state index is 13.1. The van der Waals surface area contributed by atoms with Gasteiger partial charge in [-0.05, 0) is 43.4 Å². The third-order valence-electron chi connectivity index (χ3n) is 19.1. The summed E-state index contributed by atoms with van der Waals surface area (Å²) < 4.78 is 68.8. The highest BCUT2D eigenvalue weighted by Gasteiger charge is 2.30. The molecule has 0 aromatic heterocycles. The molecule has 0 rings (SSSR count). The van der Waals surface area contributed by atoms with E-state index in [0.717, 1.165) is 108 Å². The van der Waals surface area contributed by atoms with Gasteiger partial charge >= 0.3 is 39.5 Å². The first-order valence-electron chi connectivity index (χ1n) is 42.3. The van der Waals surface area contributed by atoms with Gasteiger partial charge in [0.1, 0.15) is 19.3 Å². The van der Waals surface area contributed by atoms with Crippen LogP contribution in [0.2, 0.25) is 0 Å². The summed E-state index contributed by atoms with van der Waals surface area (Å²) in [4.78, 5) is 73.1. The van der Waals surface area contributed by atoms with Crippen molar-refractivity contribution in [2.45, 2.75) is 446 Å². The van der Waals surface area contributed by atoms with E-state index in [1.807, 2.05) is 0 Å². The minimum Gasteiger partial charge on any atom is -0.462 e. The number of aliphatic hydroxyl groups excluding tert-OH is 1. The van der Waals surface area contributed by atoms with Crippen LogP contribution in [0.25, 0.3) is 0 Å². The van der Waals surface area contributed by atoms with Gasteiger partial charge in [-0.15, -0.1) is 0 Å². The van der Waals surface area contributed by atoms with Crippen molar-refractivity contribution in [1.29, 1.82) is 0 Å². The van der Waals surface area contributed by atoms with Crippen molar-refractivity contribution in [3.8, 4) is 0 Å². The number of hydrogen-bond donors (Lipinski definition) is 3. The zero-order chi connectivity index (χ0) is 74.4. The summed E-state index contributed by atoms with van der Waals surface area (Å²) in [5, 5.41) is 10.7. The molecule has 2 unspecified atom stereocenters. The predicted molar refractivity (Wildman–Crippen MR) is 414 cm³/mol. The molecule has 0 radical (unpaired) electrons. The number of carbonyl (C=O) groups excluding carboxylic acids is 4. The van der Waals surface area contributed by atoms with Gasteiger partial charge in [-0.25, -0.2) is 9.13 Å². The summed E-state index contributed by atoms with van der Waals surface area (Å²) in [5.41, 5.74) is 0. The fraction of sp³-hybridized carbons (Fsp3) is 0.951. The number of rotatable bonds is 80. The quantitative estimate of drug-likeness (QED) is 0.0222. The Morgan fingerprint density at radius 3 is 0.673 bits per heavy atom. The van der Waals surface area contributed by atoms with Crippen LogP contribution in [0, 0.1) is 17.8 Å². The molecule has 0 amide bonds. The van der Waals surface area contributed by atoms with Crippen molar-refractivity contribution in [2.24, 2.45) is 17.8 Å². The van der Waals surface area contributed by atoms with Crippen LogP contribution in [0.3, 0.4) is 0 Å². The second-order valence-corrected chi connectivity index (χ2v) is 33.8. The summed E-state index contributed by atoms with van der Waals surface area (Å²) in [6, 6.07) is 0. The summed E-state index contributed by atoms with van der Waals surface area (Å²) >= 11 is 0. The Balaban J connectivity index is 5.27. The first-order chi connectivity index (χ1) is 48.7. The monoisotopic (exact) mass is 1480 g/mol. The Morgan fingerprint density at radius 1 is 0.267 bits per heavy atom. The van der Waals surface area contributed by atoms with E-state index in [2.05, 4.69) is 48.5 Å². The summed E-state index contributed by atoms with van der Waals surface area (Å²) in [7, 11) is -9.92. The van der Waals surface area contributed by atoms with Gasteiger partial charge in [0.15, 0.2) is 12.2 Å². The number of carbonyl (C=O) groups is 4. The summed E-state index contributed by atoms with van der Waals surface area (Å²) in [6.45, 7) is 12.0. The largest absolute Gasteiger partial charge is 0.472 e. The van der Waals surface area contributed by atoms with Crippen molar-refractivity contribution in [1.82, 2.24) is 0 Å². The van der Waals surface area contributed by atoms with Gasteiger partial charge in [-0.1, -0.05) is 376 Å². The molecule has 0 aliphatic carbocycles. The van der Waals surface area contributed by atoms with Crippen LogP contribution >= 0.6 is 15.6 Å². The van der Waals surface area contributed by atoms with Gasteiger partial charge in [0.25, 0.3) is 0 Å². The van der Waals surface area contributed by atoms with Crippen molar-refractivity contribution >= 4 is 39.5 Å². The Labute approximate surface area is 619 Å². The van der Waals surface area contributed by atoms with Crippen molar-refractivity contribution in [2.75, 3.05) is 39.6 Å². The second-order valence-electron chi connectivity index (χ2n) is 30.9. The number of hydrogen-bond acceptors (Lipinski definition) is 15. The number of aliphatic hydroxyl groups is 1. The molecule has 0 aliphatic heterocycles. The topological polar surface area (TPSA) is 237 Å². The lowest BCUT2D eigenvalue weighted by Crippen LogP contribution is -2.30. The highest BCUT2D eigenvalue weighted by Crippen LogP contribution is 2.45. The maximum absolute atomic E-state index is 13.1. The molecule has 17 nitrogen and oxygen atoms in total. The summed E-state index contributed by atoms with van der Waals surface area (Å²) in [6.07, 6.45) is 60.9. The minimum atomic E-state index is -4.96. The van der Waals surface area contributed by atoms with Gasteiger partial charge in [0, 0.05) is 25.7 Å². The van der Waals surface area contributed by atoms with Gasteiger partial charge in [0.2, 0.25) is 0 Å². The molecule has 0 bridgehead atoms. The molecule has 0 saturated heterocycles. The highest BCUT2D eigenvalue weighted by molar-refractivity contribution is 7.47. The Bertz CT molecular complexity index is 1960. The van der Waals surface area contributed by atoms with E-state index < -0.39 is 97.5 Å². The third-order valence-corrected chi connectivity index (χ3v) is 21.0. The van der Waals surface area contributed by atoms with E-state index in [1.54, 1.807) is 0 Å². The molecular weight excluding hydrogens is 1320 g/mol. The van der Waals surface area contributed by atoms with Crippen LogP contribution in [-0.4, -0.2) is 96.7 Å². The van der Waals surface area contributed by atoms with Crippen molar-refractivity contribution < 1.29 is 80.2 Å². The Hall–Kier alpha value is -1.94. The SMILES string of the molecule is CCCCCCCCCCCCCCCCC(=O)O[C@H](COC(=O)CCCCCCCCCCCCC(C)C)COP(=O)(O)OC[C@H](O)COP(=O)(O)OC[C@@H](COC(=O)CCCCCCCCCCCCCCCCC(C)C)OC(=O)CCCCCCCCCCCCCCCCC(C)C. The van der Waals surface area contributed by atoms with E-state index in [4.69, 9.17) is 37.0 Å². The molecule has 0 fully saturated rings. The van der Waals surface area contributed by atoms with E-state index in [0.29, 0.717) is 25.7 Å². The van der Waals surface area contributed by atoms with Crippen LogP contribution in [-0.2, 0) is 65.4 Å². The molecule has 0 aromatic rings. The molecule has 0 aliphatic rings. The molecule has 0 saturated carbocycles. The average Bonchev–Trinajstić information content (AvgIpc) is 0.982. The standard InChI is InChI=1S/C82H160O17P2/c1-8-9-10-11-12-13-14-15-22-28-37-44-51-58-65-81(86)99-78(70-93-80(85)64-57-50-43-36-31-30-34-41-48-55-62-75(6)7)72-97-101(90,91)95-68-76(83)67-94-100(88,89)96-71-77(98-82(87)66-59-52-45-38-29-24-19-17-21-26-33-40-47-54-61-74(4)5)69-92-79(84)63-56-49-42-35-27-23-18-16-20-25-32-39-46-53-60-73(2)3/h73-78,83H,8-72H2,1-7H3,(H,88,89)(H,90,91)/t76-,77-,78-/m1/s1. The molecule has 0 heterocycles. The first-order valence-corrected chi connectivity index (χ1v) is 45.3. The van der Waals surface area contributed by atoms with Gasteiger partial charge in [0.05, 0.1) is 26.4 Å². The fourth-order valence-corrected chi connectivity index (χ4v) is 14.2. The number of unbranched alkanes of at least 4 members (excludes halogenated alkanes) is 48. The van der Waals surface area contributed by atoms with Gasteiger partial charge in [-0.3, -0.25) is 37.3 Å². The normalized spacial score (nSPS) is 14.0. The zero-order valence-electron chi connectivity index (χ0n) is 66.4. The van der Waals surface area contributed by atoms with Gasteiger partial charge in [-0.2, -0.15) is 0 Å². The fourth-order valence-electron chi connectivity index (χ4n) is 12.7. The second kappa shape index (κ2) is 72.3. The first kappa shape index (κ1) is 99.1. The van der Waals surface area contributed by atoms with Crippen molar-refractivity contribution in [3.05, 3.63) is 0 Å². The summed E-state index contributed by atoms with van der Waals surface area (Å²) in [5.74, 6) is 0.246. The minimum absolute atomic E-state index is 0.108. The van der Waals surface area contributed by atoms with Crippen LogP contribution in [0.1, 0.15) is 427 Å². The van der Waals surface area contributed by atoms with Crippen LogP contribution in [0.5, 0.6) is 0 Å². The van der Waals surface area contributed by atoms with E-state index >= 15 is 0 Å². The molecule has 3 N–H and O–H groups in total. The smallest absolute Gasteiger partial charge is 0.462 e. The van der Waals surface area contributed by atoms with E-state index in [-0.39, 0.29) is 25.7 Å². The highest BCUT2D eigenvalue weighted by atomic mass is 31.2.